The Morgan fingerprint density at radius 2 is 1.93 bits per heavy atom. The number of benzene rings is 1. The Morgan fingerprint density at radius 3 is 2.48 bits per heavy atom. The zero-order chi connectivity index (χ0) is 19.6. The third-order valence-electron chi connectivity index (χ3n) is 5.42. The van der Waals surface area contributed by atoms with Crippen LogP contribution in [0.3, 0.4) is 0 Å². The lowest BCUT2D eigenvalue weighted by molar-refractivity contribution is -0.127. The number of carbonyl (C=O) groups excluding carboxylic acids is 3. The molecule has 4 nitrogen and oxygen atoms in total. The van der Waals surface area contributed by atoms with Gasteiger partial charge in [0, 0.05) is 15.7 Å². The monoisotopic (exact) mass is 384 g/mol. The van der Waals surface area contributed by atoms with Crippen molar-refractivity contribution in [1.82, 2.24) is 0 Å². The minimum atomic E-state index is -0.681. The molecule has 1 heterocycles. The molecule has 1 aromatic carbocycles. The van der Waals surface area contributed by atoms with Gasteiger partial charge in [0.2, 0.25) is 0 Å². The zero-order valence-corrected chi connectivity index (χ0v) is 16.7. The standard InChI is InChI=1S/C22H24O4S/c1-13-4-5-17(10-13)21(24)19(12-23)18-11-20(27-14(18)2)15-6-8-16(9-7-15)22(25)26-3/h6-9,11-13,17,19H,4-5,10H2,1-3H3/t13-,17-,19?/m1/s1. The van der Waals surface area contributed by atoms with E-state index in [2.05, 4.69) is 6.92 Å². The first-order chi connectivity index (χ1) is 12.9. The highest BCUT2D eigenvalue weighted by molar-refractivity contribution is 7.15. The van der Waals surface area contributed by atoms with Crippen LogP contribution >= 0.6 is 11.3 Å². The van der Waals surface area contributed by atoms with Crippen LogP contribution in [0.4, 0.5) is 0 Å². The second-order valence-corrected chi connectivity index (χ2v) is 8.58. The number of rotatable bonds is 6. The summed E-state index contributed by atoms with van der Waals surface area (Å²) in [5, 5.41) is 0. The van der Waals surface area contributed by atoms with E-state index in [-0.39, 0.29) is 17.7 Å². The van der Waals surface area contributed by atoms with Crippen molar-refractivity contribution >= 4 is 29.4 Å². The molecule has 0 aliphatic heterocycles. The highest BCUT2D eigenvalue weighted by Crippen LogP contribution is 2.39. The molecular formula is C22H24O4S. The van der Waals surface area contributed by atoms with Gasteiger partial charge < -0.3 is 9.53 Å². The summed E-state index contributed by atoms with van der Waals surface area (Å²) in [6.45, 7) is 4.11. The summed E-state index contributed by atoms with van der Waals surface area (Å²) >= 11 is 1.56. The first kappa shape index (κ1) is 19.5. The Hall–Kier alpha value is -2.27. The highest BCUT2D eigenvalue weighted by Gasteiger charge is 2.34. The van der Waals surface area contributed by atoms with Gasteiger partial charge in [-0.1, -0.05) is 19.1 Å². The number of hydrogen-bond donors (Lipinski definition) is 0. The van der Waals surface area contributed by atoms with Crippen molar-refractivity contribution in [2.24, 2.45) is 11.8 Å². The predicted molar refractivity (Wildman–Crippen MR) is 106 cm³/mol. The fourth-order valence-corrected chi connectivity index (χ4v) is 4.92. The zero-order valence-electron chi connectivity index (χ0n) is 15.9. The maximum absolute atomic E-state index is 12.9. The molecule has 3 atom stereocenters. The number of Topliss-reactive ketones (excluding diaryl/α,β-unsaturated/α-hetero) is 1. The Bertz CT molecular complexity index is 850. The summed E-state index contributed by atoms with van der Waals surface area (Å²) in [6.07, 6.45) is 3.62. The van der Waals surface area contributed by atoms with Crippen molar-refractivity contribution in [3.63, 3.8) is 0 Å². The van der Waals surface area contributed by atoms with Crippen LogP contribution in [0.25, 0.3) is 10.4 Å². The molecule has 1 unspecified atom stereocenters. The normalized spacial score (nSPS) is 20.3. The Balaban J connectivity index is 1.85. The van der Waals surface area contributed by atoms with Crippen molar-refractivity contribution in [1.29, 1.82) is 0 Å². The third-order valence-corrected chi connectivity index (χ3v) is 6.54. The van der Waals surface area contributed by atoms with Gasteiger partial charge in [0.25, 0.3) is 0 Å². The molecule has 142 valence electrons. The summed E-state index contributed by atoms with van der Waals surface area (Å²) in [5.41, 5.74) is 2.26. The number of thiophene rings is 1. The Kier molecular flexibility index (Phi) is 5.90. The van der Waals surface area contributed by atoms with Gasteiger partial charge in [-0.25, -0.2) is 4.79 Å². The van der Waals surface area contributed by atoms with Gasteiger partial charge in [0.15, 0.2) is 5.78 Å². The van der Waals surface area contributed by atoms with E-state index in [0.29, 0.717) is 11.5 Å². The van der Waals surface area contributed by atoms with Crippen molar-refractivity contribution in [3.8, 4) is 10.4 Å². The second kappa shape index (κ2) is 8.17. The first-order valence-corrected chi connectivity index (χ1v) is 10.0. The Labute approximate surface area is 163 Å². The molecule has 1 aliphatic carbocycles. The molecule has 0 saturated heterocycles. The molecule has 2 aromatic rings. The van der Waals surface area contributed by atoms with Gasteiger partial charge in [-0.15, -0.1) is 11.3 Å². The van der Waals surface area contributed by atoms with Crippen molar-refractivity contribution in [2.45, 2.75) is 39.0 Å². The fraction of sp³-hybridized carbons (Fsp3) is 0.409. The van der Waals surface area contributed by atoms with Crippen LogP contribution in [0.5, 0.6) is 0 Å². The van der Waals surface area contributed by atoms with Crippen molar-refractivity contribution in [2.75, 3.05) is 7.11 Å². The minimum absolute atomic E-state index is 0.00251. The summed E-state index contributed by atoms with van der Waals surface area (Å²) in [7, 11) is 1.35. The molecule has 0 N–H and O–H groups in total. The van der Waals surface area contributed by atoms with Crippen LogP contribution in [0.15, 0.2) is 30.3 Å². The number of carbonyl (C=O) groups is 3. The molecule has 1 aliphatic rings. The van der Waals surface area contributed by atoms with Crippen LogP contribution in [0.2, 0.25) is 0 Å². The maximum Gasteiger partial charge on any atom is 0.337 e. The van der Waals surface area contributed by atoms with Crippen LogP contribution < -0.4 is 0 Å². The molecule has 27 heavy (non-hydrogen) atoms. The average molecular weight is 384 g/mol. The molecule has 1 fully saturated rings. The van der Waals surface area contributed by atoms with Crippen molar-refractivity contribution < 1.29 is 19.1 Å². The lowest BCUT2D eigenvalue weighted by atomic mass is 9.87. The first-order valence-electron chi connectivity index (χ1n) is 9.22. The highest BCUT2D eigenvalue weighted by atomic mass is 32.1. The van der Waals surface area contributed by atoms with Gasteiger partial charge in [0.1, 0.15) is 6.29 Å². The predicted octanol–water partition coefficient (Wildman–Crippen LogP) is 4.80. The molecule has 0 spiro atoms. The maximum atomic E-state index is 12.9. The average Bonchev–Trinajstić information content (AvgIpc) is 3.28. The SMILES string of the molecule is COC(=O)c1ccc(-c2cc(C(C=O)C(=O)[C@@H]3CC[C@@H](C)C3)c(C)s2)cc1. The van der Waals surface area contributed by atoms with Crippen LogP contribution in [-0.4, -0.2) is 25.1 Å². The van der Waals surface area contributed by atoms with E-state index in [0.717, 1.165) is 46.4 Å². The molecule has 1 saturated carbocycles. The molecule has 0 amide bonds. The van der Waals surface area contributed by atoms with Crippen molar-refractivity contribution in [3.05, 3.63) is 46.3 Å². The van der Waals surface area contributed by atoms with E-state index >= 15 is 0 Å². The van der Waals surface area contributed by atoms with E-state index in [1.54, 1.807) is 23.5 Å². The summed E-state index contributed by atoms with van der Waals surface area (Å²) in [6, 6.07) is 9.11. The quantitative estimate of drug-likeness (QED) is 0.408. The van der Waals surface area contributed by atoms with E-state index in [1.165, 1.54) is 7.11 Å². The number of methoxy groups -OCH3 is 1. The van der Waals surface area contributed by atoms with Gasteiger partial charge in [-0.3, -0.25) is 4.79 Å². The van der Waals surface area contributed by atoms with Gasteiger partial charge in [-0.05, 0) is 61.4 Å². The largest absolute Gasteiger partial charge is 0.465 e. The van der Waals surface area contributed by atoms with Gasteiger partial charge in [0.05, 0.1) is 18.6 Å². The third kappa shape index (κ3) is 4.03. The van der Waals surface area contributed by atoms with Crippen LogP contribution in [-0.2, 0) is 14.3 Å². The Morgan fingerprint density at radius 1 is 1.22 bits per heavy atom. The van der Waals surface area contributed by atoms with E-state index in [4.69, 9.17) is 4.74 Å². The minimum Gasteiger partial charge on any atom is -0.465 e. The van der Waals surface area contributed by atoms with E-state index < -0.39 is 5.92 Å². The number of aryl methyl sites for hydroxylation is 1. The lowest BCUT2D eigenvalue weighted by Crippen LogP contribution is -2.21. The number of ether oxygens (including phenoxy) is 1. The fourth-order valence-electron chi connectivity index (χ4n) is 3.85. The second-order valence-electron chi connectivity index (χ2n) is 7.32. The van der Waals surface area contributed by atoms with Gasteiger partial charge >= 0.3 is 5.97 Å². The number of ketones is 1. The number of hydrogen-bond acceptors (Lipinski definition) is 5. The smallest absolute Gasteiger partial charge is 0.337 e. The molecule has 5 heteroatoms. The molecule has 0 radical (unpaired) electrons. The van der Waals surface area contributed by atoms with Crippen LogP contribution in [0, 0.1) is 18.8 Å². The summed E-state index contributed by atoms with van der Waals surface area (Å²) < 4.78 is 4.72. The van der Waals surface area contributed by atoms with E-state index in [1.807, 2.05) is 25.1 Å². The molecule has 1 aromatic heterocycles. The summed E-state index contributed by atoms with van der Waals surface area (Å²) in [5.74, 6) is -0.444. The molecule has 0 bridgehead atoms. The number of aldehydes is 1. The molecular weight excluding hydrogens is 360 g/mol. The van der Waals surface area contributed by atoms with Gasteiger partial charge in [-0.2, -0.15) is 0 Å². The number of esters is 1. The topological polar surface area (TPSA) is 60.4 Å². The molecule has 3 rings (SSSR count). The summed E-state index contributed by atoms with van der Waals surface area (Å²) in [4.78, 5) is 38.2. The lowest BCUT2D eigenvalue weighted by Gasteiger charge is -2.14. The van der Waals surface area contributed by atoms with E-state index in [9.17, 15) is 14.4 Å². The van der Waals surface area contributed by atoms with Crippen LogP contribution in [0.1, 0.15) is 52.9 Å².